The number of nitrogens with zero attached hydrogens (tertiary/aromatic N) is 5. The summed E-state index contributed by atoms with van der Waals surface area (Å²) >= 11 is 0. The Labute approximate surface area is 167 Å². The number of nitrogens with one attached hydrogen (secondary N) is 2. The number of nitriles is 1. The molecule has 0 atom stereocenters. The zero-order chi connectivity index (χ0) is 20.6. The summed E-state index contributed by atoms with van der Waals surface area (Å²) in [7, 11) is 0. The first kappa shape index (κ1) is 19.6. The fourth-order valence-electron chi connectivity index (χ4n) is 2.62. The van der Waals surface area contributed by atoms with E-state index in [2.05, 4.69) is 31.5 Å². The molecule has 0 aliphatic heterocycles. The molecule has 0 radical (unpaired) electrons. The molecule has 2 aromatic heterocycles. The van der Waals surface area contributed by atoms with Gasteiger partial charge in [-0.3, -0.25) is 4.98 Å². The average molecular weight is 386 g/mol. The number of hydrogen-bond donors (Lipinski definition) is 4. The van der Waals surface area contributed by atoms with E-state index < -0.39 is 0 Å². The molecule has 0 unspecified atom stereocenters. The van der Waals surface area contributed by atoms with Crippen molar-refractivity contribution in [1.29, 1.82) is 10.8 Å². The maximum Gasteiger partial charge on any atom is 0.221 e. The first-order valence-corrected chi connectivity index (χ1v) is 8.65. The Morgan fingerprint density at radius 2 is 1.97 bits per heavy atom. The molecule has 0 saturated heterocycles. The van der Waals surface area contributed by atoms with Crippen molar-refractivity contribution in [1.82, 2.24) is 20.3 Å². The smallest absolute Gasteiger partial charge is 0.221 e. The summed E-state index contributed by atoms with van der Waals surface area (Å²) in [6.07, 6.45) is 1.54. The van der Waals surface area contributed by atoms with E-state index in [-0.39, 0.29) is 18.3 Å². The van der Waals surface area contributed by atoms with E-state index in [0.717, 1.165) is 5.69 Å². The number of nitrogens with two attached hydrogens (primary N) is 1. The summed E-state index contributed by atoms with van der Waals surface area (Å²) in [6.45, 7) is 0.247. The van der Waals surface area contributed by atoms with Crippen LogP contribution < -0.4 is 11.1 Å². The molecule has 3 aromatic rings. The minimum absolute atomic E-state index is 0.0340. The Bertz CT molecular complexity index is 1100. The highest BCUT2D eigenvalue weighted by Gasteiger charge is 2.10. The molecule has 0 fully saturated rings. The van der Waals surface area contributed by atoms with Crippen LogP contribution in [0.25, 0.3) is 17.0 Å². The number of pyridine rings is 1. The molecule has 0 spiro atoms. The van der Waals surface area contributed by atoms with Crippen LogP contribution in [-0.2, 0) is 13.2 Å². The number of aromatic nitrogens is 3. The van der Waals surface area contributed by atoms with E-state index >= 15 is 0 Å². The van der Waals surface area contributed by atoms with E-state index in [0.29, 0.717) is 34.8 Å². The first-order chi connectivity index (χ1) is 14.1. The molecule has 9 heteroatoms. The first-order valence-electron chi connectivity index (χ1n) is 8.65. The van der Waals surface area contributed by atoms with Gasteiger partial charge < -0.3 is 16.2 Å². The maximum absolute atomic E-state index is 9.16. The Kier molecular flexibility index (Phi) is 6.19. The van der Waals surface area contributed by atoms with Gasteiger partial charge in [0, 0.05) is 11.8 Å². The van der Waals surface area contributed by atoms with Crippen LogP contribution in [0.15, 0.2) is 59.8 Å². The number of benzene rings is 1. The summed E-state index contributed by atoms with van der Waals surface area (Å²) < 4.78 is 0. The van der Waals surface area contributed by atoms with Crippen molar-refractivity contribution in [2.75, 3.05) is 5.73 Å². The summed E-state index contributed by atoms with van der Waals surface area (Å²) in [5.41, 5.74) is 17.0. The molecule has 2 heterocycles. The Morgan fingerprint density at radius 3 is 2.72 bits per heavy atom. The van der Waals surface area contributed by atoms with Crippen LogP contribution in [0, 0.1) is 16.9 Å². The van der Waals surface area contributed by atoms with Crippen LogP contribution in [0.2, 0.25) is 0 Å². The van der Waals surface area contributed by atoms with Crippen molar-refractivity contribution in [3.63, 3.8) is 0 Å². The topological polar surface area (TPSA) is 157 Å². The number of aliphatic hydroxyl groups is 1. The van der Waals surface area contributed by atoms with Crippen LogP contribution in [-0.4, -0.2) is 20.1 Å². The van der Waals surface area contributed by atoms with Crippen LogP contribution in [0.4, 0.5) is 5.95 Å². The molecule has 3 rings (SSSR count). The number of rotatable bonds is 7. The lowest BCUT2D eigenvalue weighted by molar-refractivity contribution is 0.276. The summed E-state index contributed by atoms with van der Waals surface area (Å²) in [6, 6.07) is 16.1. The molecular formula is C20H18N8O. The Hall–Kier alpha value is -4.16. The summed E-state index contributed by atoms with van der Waals surface area (Å²) in [4.78, 5) is 12.7. The van der Waals surface area contributed by atoms with Gasteiger partial charge in [-0.1, -0.05) is 18.2 Å². The normalized spacial score (nSPS) is 11.0. The predicted molar refractivity (Wildman–Crippen MR) is 107 cm³/mol. The highest BCUT2D eigenvalue weighted by molar-refractivity contribution is 5.69. The van der Waals surface area contributed by atoms with Crippen LogP contribution in [0.1, 0.15) is 22.6 Å². The van der Waals surface area contributed by atoms with E-state index in [4.69, 9.17) is 21.6 Å². The molecule has 9 nitrogen and oxygen atoms in total. The van der Waals surface area contributed by atoms with E-state index in [1.165, 1.54) is 6.20 Å². The third-order valence-electron chi connectivity index (χ3n) is 3.96. The van der Waals surface area contributed by atoms with Crippen molar-refractivity contribution in [2.24, 2.45) is 5.11 Å². The third-order valence-corrected chi connectivity index (χ3v) is 3.96. The summed E-state index contributed by atoms with van der Waals surface area (Å²) in [5, 5.41) is 24.8. The molecule has 0 aliphatic rings. The zero-order valence-corrected chi connectivity index (χ0v) is 15.4. The third kappa shape index (κ3) is 4.97. The second-order valence-corrected chi connectivity index (χ2v) is 5.99. The van der Waals surface area contributed by atoms with Crippen molar-refractivity contribution >= 4 is 11.6 Å². The lowest BCUT2D eigenvalue weighted by Crippen LogP contribution is -2.09. The molecule has 144 valence electrons. The van der Waals surface area contributed by atoms with Gasteiger partial charge in [-0.2, -0.15) is 10.4 Å². The van der Waals surface area contributed by atoms with E-state index in [9.17, 15) is 0 Å². The molecule has 0 amide bonds. The van der Waals surface area contributed by atoms with Gasteiger partial charge in [0.1, 0.15) is 5.70 Å². The van der Waals surface area contributed by atoms with Gasteiger partial charge in [0.25, 0.3) is 0 Å². The average Bonchev–Trinajstić information content (AvgIpc) is 2.76. The molecule has 5 N–H and O–H groups in total. The SMILES string of the molecule is N#Cc1cccc(-c2cc(/C(=C/NCc3cccc(CO)n3)N=N)nc(N)n2)c1. The van der Waals surface area contributed by atoms with E-state index in [1.807, 2.05) is 18.2 Å². The predicted octanol–water partition coefficient (Wildman–Crippen LogP) is 2.60. The fraction of sp³-hybridized carbons (Fsp3) is 0.100. The molecule has 29 heavy (non-hydrogen) atoms. The highest BCUT2D eigenvalue weighted by Crippen LogP contribution is 2.23. The zero-order valence-electron chi connectivity index (χ0n) is 15.4. The monoisotopic (exact) mass is 386 g/mol. The largest absolute Gasteiger partial charge is 0.390 e. The number of anilines is 1. The van der Waals surface area contributed by atoms with Crippen LogP contribution in [0.3, 0.4) is 0 Å². The molecule has 1 aromatic carbocycles. The van der Waals surface area contributed by atoms with Crippen molar-refractivity contribution in [3.05, 3.63) is 77.4 Å². The second-order valence-electron chi connectivity index (χ2n) is 5.99. The number of hydrogen-bond acceptors (Lipinski definition) is 9. The lowest BCUT2D eigenvalue weighted by atomic mass is 10.1. The minimum Gasteiger partial charge on any atom is -0.390 e. The van der Waals surface area contributed by atoms with Gasteiger partial charge in [0.2, 0.25) is 5.95 Å². The van der Waals surface area contributed by atoms with Crippen molar-refractivity contribution < 1.29 is 5.11 Å². The van der Waals surface area contributed by atoms with Gasteiger partial charge in [-0.05, 0) is 30.3 Å². The molecular weight excluding hydrogens is 368 g/mol. The van der Waals surface area contributed by atoms with Crippen LogP contribution >= 0.6 is 0 Å². The molecule has 0 saturated carbocycles. The second kappa shape index (κ2) is 9.16. The van der Waals surface area contributed by atoms with Crippen molar-refractivity contribution in [3.8, 4) is 17.3 Å². The fourth-order valence-corrected chi connectivity index (χ4v) is 2.62. The maximum atomic E-state index is 9.16. The van der Waals surface area contributed by atoms with Gasteiger partial charge in [0.05, 0.1) is 47.6 Å². The number of nitrogen functional groups attached to an aromatic ring is 1. The molecule has 0 bridgehead atoms. The highest BCUT2D eigenvalue weighted by atomic mass is 16.3. The lowest BCUT2D eigenvalue weighted by Gasteiger charge is -2.07. The van der Waals surface area contributed by atoms with Gasteiger partial charge >= 0.3 is 0 Å². The summed E-state index contributed by atoms with van der Waals surface area (Å²) in [5.74, 6) is 0.0340. The van der Waals surface area contributed by atoms with Crippen LogP contribution in [0.5, 0.6) is 0 Å². The Balaban J connectivity index is 1.85. The van der Waals surface area contributed by atoms with Gasteiger partial charge in [-0.25, -0.2) is 15.5 Å². The van der Waals surface area contributed by atoms with Crippen molar-refractivity contribution in [2.45, 2.75) is 13.2 Å². The number of aliphatic hydroxyl groups excluding tert-OH is 1. The van der Waals surface area contributed by atoms with E-state index in [1.54, 1.807) is 30.3 Å². The quantitative estimate of drug-likeness (QED) is 0.454. The standard InChI is InChI=1S/C20H18N8O/c21-9-13-3-1-4-14(7-13)17-8-18(27-20(22)26-17)19(28-23)11-24-10-15-5-2-6-16(12-29)25-15/h1-8,11,23-24,29H,10,12H2,(H2,22,26,27)/b19-11-,28-23?. The molecule has 0 aliphatic carbocycles. The minimum atomic E-state index is -0.132. The Morgan fingerprint density at radius 1 is 1.17 bits per heavy atom. The van der Waals surface area contributed by atoms with Gasteiger partial charge in [-0.15, -0.1) is 0 Å². The van der Waals surface area contributed by atoms with Gasteiger partial charge in [0.15, 0.2) is 0 Å².